The van der Waals surface area contributed by atoms with Crippen molar-refractivity contribution in [1.29, 1.82) is 0 Å². The summed E-state index contributed by atoms with van der Waals surface area (Å²) >= 11 is 0. The predicted octanol–water partition coefficient (Wildman–Crippen LogP) is 0.635. The van der Waals surface area contributed by atoms with E-state index in [1.54, 1.807) is 24.3 Å². The Morgan fingerprint density at radius 3 is 2.62 bits per heavy atom. The average Bonchev–Trinajstić information content (AvgIpc) is 2.35. The van der Waals surface area contributed by atoms with Gasteiger partial charge in [0.15, 0.2) is 6.29 Å². The first-order chi connectivity index (χ1) is 7.72. The van der Waals surface area contributed by atoms with Crippen molar-refractivity contribution in [2.24, 2.45) is 0 Å². The van der Waals surface area contributed by atoms with E-state index in [1.807, 2.05) is 0 Å². The van der Waals surface area contributed by atoms with Crippen LogP contribution in [0.25, 0.3) is 0 Å². The second-order valence-electron chi connectivity index (χ2n) is 2.99. The number of aldehydes is 1. The highest BCUT2D eigenvalue weighted by molar-refractivity contribution is 5.93. The summed E-state index contributed by atoms with van der Waals surface area (Å²) < 4.78 is 4.45. The third-order valence-electron chi connectivity index (χ3n) is 2.03. The third-order valence-corrected chi connectivity index (χ3v) is 2.03. The van der Waals surface area contributed by atoms with Crippen LogP contribution in [0.5, 0.6) is 0 Å². The summed E-state index contributed by atoms with van der Waals surface area (Å²) in [6, 6.07) is 6.50. The fourth-order valence-electron chi connectivity index (χ4n) is 1.23. The molecule has 16 heavy (non-hydrogen) atoms. The molecular weight excluding hydrogens is 210 g/mol. The molecule has 0 aliphatic carbocycles. The number of para-hydroxylation sites is 1. The van der Waals surface area contributed by atoms with Crippen LogP contribution in [0.1, 0.15) is 10.4 Å². The van der Waals surface area contributed by atoms with E-state index in [0.717, 1.165) is 4.90 Å². The van der Waals surface area contributed by atoms with Crippen molar-refractivity contribution in [2.45, 2.75) is 0 Å². The van der Waals surface area contributed by atoms with Gasteiger partial charge in [0.1, 0.15) is 6.54 Å². The first-order valence-corrected chi connectivity index (χ1v) is 4.56. The van der Waals surface area contributed by atoms with Crippen molar-refractivity contribution in [3.8, 4) is 0 Å². The zero-order valence-corrected chi connectivity index (χ0v) is 8.75. The molecule has 5 nitrogen and oxygen atoms in total. The lowest BCUT2D eigenvalue weighted by molar-refractivity contribution is -0.139. The number of benzene rings is 1. The first-order valence-electron chi connectivity index (χ1n) is 4.56. The lowest BCUT2D eigenvalue weighted by atomic mass is 10.2. The number of esters is 1. The average molecular weight is 221 g/mol. The summed E-state index contributed by atoms with van der Waals surface area (Å²) in [6.45, 7) is -0.217. The van der Waals surface area contributed by atoms with Gasteiger partial charge in [0.25, 0.3) is 0 Å². The second-order valence-corrected chi connectivity index (χ2v) is 2.99. The Balaban J connectivity index is 2.98. The van der Waals surface area contributed by atoms with Gasteiger partial charge in [-0.05, 0) is 12.1 Å². The number of methoxy groups -OCH3 is 1. The highest BCUT2D eigenvalue weighted by atomic mass is 16.5. The first kappa shape index (κ1) is 11.9. The summed E-state index contributed by atoms with van der Waals surface area (Å²) in [5.41, 5.74) is 0.733. The molecular formula is C11H11NO4. The summed E-state index contributed by atoms with van der Waals surface area (Å²) in [4.78, 5) is 33.7. The fraction of sp³-hybridized carbons (Fsp3) is 0.182. The number of carbonyl (C=O) groups is 3. The van der Waals surface area contributed by atoms with Gasteiger partial charge < -0.3 is 9.64 Å². The fourth-order valence-corrected chi connectivity index (χ4v) is 1.23. The summed E-state index contributed by atoms with van der Waals surface area (Å²) in [5, 5.41) is 0. The lowest BCUT2D eigenvalue weighted by Gasteiger charge is -2.17. The Bertz CT molecular complexity index is 403. The van der Waals surface area contributed by atoms with Crippen molar-refractivity contribution in [3.05, 3.63) is 29.8 Å². The van der Waals surface area contributed by atoms with E-state index < -0.39 is 5.97 Å². The maximum Gasteiger partial charge on any atom is 0.325 e. The van der Waals surface area contributed by atoms with Gasteiger partial charge in [0.05, 0.1) is 12.8 Å². The number of hydrogen-bond donors (Lipinski definition) is 0. The highest BCUT2D eigenvalue weighted by Crippen LogP contribution is 2.17. The molecule has 0 saturated heterocycles. The molecule has 0 bridgehead atoms. The van der Waals surface area contributed by atoms with E-state index in [2.05, 4.69) is 4.74 Å². The number of carbonyl (C=O) groups excluding carboxylic acids is 3. The van der Waals surface area contributed by atoms with Crippen LogP contribution in [-0.2, 0) is 14.3 Å². The minimum atomic E-state index is -0.548. The number of rotatable bonds is 5. The van der Waals surface area contributed by atoms with Gasteiger partial charge in [0, 0.05) is 5.56 Å². The van der Waals surface area contributed by atoms with Gasteiger partial charge in [0.2, 0.25) is 6.41 Å². The SMILES string of the molecule is COC(=O)CN(C=O)c1ccccc1C=O. The van der Waals surface area contributed by atoms with Crippen LogP contribution in [-0.4, -0.2) is 32.3 Å². The molecule has 1 aromatic carbocycles. The van der Waals surface area contributed by atoms with Crippen molar-refractivity contribution in [1.82, 2.24) is 0 Å². The van der Waals surface area contributed by atoms with Gasteiger partial charge in [-0.3, -0.25) is 14.4 Å². The van der Waals surface area contributed by atoms with E-state index in [0.29, 0.717) is 23.9 Å². The molecule has 0 aliphatic heterocycles. The Hall–Kier alpha value is -2.17. The second kappa shape index (κ2) is 5.65. The van der Waals surface area contributed by atoms with Crippen LogP contribution in [0, 0.1) is 0 Å². The maximum absolute atomic E-state index is 11.0. The van der Waals surface area contributed by atoms with Crippen LogP contribution >= 0.6 is 0 Å². The summed E-state index contributed by atoms with van der Waals surface area (Å²) in [5.74, 6) is -0.548. The Labute approximate surface area is 92.6 Å². The van der Waals surface area contributed by atoms with Crippen LogP contribution in [0.4, 0.5) is 5.69 Å². The van der Waals surface area contributed by atoms with E-state index >= 15 is 0 Å². The van der Waals surface area contributed by atoms with E-state index in [-0.39, 0.29) is 6.54 Å². The van der Waals surface area contributed by atoms with Crippen LogP contribution < -0.4 is 4.90 Å². The summed E-state index contributed by atoms with van der Waals surface area (Å²) in [6.07, 6.45) is 1.11. The van der Waals surface area contributed by atoms with Gasteiger partial charge in [-0.2, -0.15) is 0 Å². The molecule has 0 aliphatic rings. The number of hydrogen-bond acceptors (Lipinski definition) is 4. The molecule has 1 rings (SSSR count). The van der Waals surface area contributed by atoms with Gasteiger partial charge in [-0.1, -0.05) is 12.1 Å². The van der Waals surface area contributed by atoms with Crippen LogP contribution in [0.15, 0.2) is 24.3 Å². The van der Waals surface area contributed by atoms with Crippen molar-refractivity contribution in [3.63, 3.8) is 0 Å². The molecule has 0 atom stereocenters. The maximum atomic E-state index is 11.0. The molecule has 0 spiro atoms. The van der Waals surface area contributed by atoms with E-state index in [1.165, 1.54) is 7.11 Å². The minimum Gasteiger partial charge on any atom is -0.468 e. The zero-order chi connectivity index (χ0) is 12.0. The molecule has 1 amide bonds. The monoisotopic (exact) mass is 221 g/mol. The Morgan fingerprint density at radius 2 is 2.06 bits per heavy atom. The van der Waals surface area contributed by atoms with Crippen molar-refractivity contribution in [2.75, 3.05) is 18.6 Å². The smallest absolute Gasteiger partial charge is 0.325 e. The van der Waals surface area contributed by atoms with Gasteiger partial charge >= 0.3 is 5.97 Å². The molecule has 1 aromatic rings. The quantitative estimate of drug-likeness (QED) is 0.540. The van der Waals surface area contributed by atoms with Crippen molar-refractivity contribution < 1.29 is 19.1 Å². The number of anilines is 1. The molecule has 0 radical (unpaired) electrons. The predicted molar refractivity (Wildman–Crippen MR) is 57.3 cm³/mol. The molecule has 0 aromatic heterocycles. The number of ether oxygens (including phenoxy) is 1. The third kappa shape index (κ3) is 2.66. The van der Waals surface area contributed by atoms with Crippen LogP contribution in [0.3, 0.4) is 0 Å². The highest BCUT2D eigenvalue weighted by Gasteiger charge is 2.13. The molecule has 0 N–H and O–H groups in total. The topological polar surface area (TPSA) is 63.7 Å². The van der Waals surface area contributed by atoms with Crippen LogP contribution in [0.2, 0.25) is 0 Å². The van der Waals surface area contributed by atoms with E-state index in [9.17, 15) is 14.4 Å². The zero-order valence-electron chi connectivity index (χ0n) is 8.75. The number of amides is 1. The molecule has 0 unspecified atom stereocenters. The Kier molecular flexibility index (Phi) is 4.20. The Morgan fingerprint density at radius 1 is 1.38 bits per heavy atom. The largest absolute Gasteiger partial charge is 0.468 e. The standard InChI is InChI=1S/C11H11NO4/c1-16-11(15)6-12(8-14)10-5-3-2-4-9(10)7-13/h2-5,7-8H,6H2,1H3. The number of nitrogens with zero attached hydrogens (tertiary/aromatic N) is 1. The van der Waals surface area contributed by atoms with E-state index in [4.69, 9.17) is 0 Å². The lowest BCUT2D eigenvalue weighted by Crippen LogP contribution is -2.29. The summed E-state index contributed by atoms with van der Waals surface area (Å²) in [7, 11) is 1.23. The normalized spacial score (nSPS) is 9.31. The molecule has 0 saturated carbocycles. The van der Waals surface area contributed by atoms with Crippen molar-refractivity contribution >= 4 is 24.4 Å². The molecule has 84 valence electrons. The molecule has 5 heteroatoms. The minimum absolute atomic E-state index is 0.217. The van der Waals surface area contributed by atoms with Gasteiger partial charge in [-0.15, -0.1) is 0 Å². The molecule has 0 fully saturated rings. The molecule has 0 heterocycles. The van der Waals surface area contributed by atoms with Gasteiger partial charge in [-0.25, -0.2) is 0 Å².